The van der Waals surface area contributed by atoms with Gasteiger partial charge in [-0.15, -0.1) is 0 Å². The number of hydrogen-bond acceptors (Lipinski definition) is 3. The number of aliphatic carboxylic acids is 1. The number of ether oxygens (including phenoxy) is 1. The molecule has 0 atom stereocenters. The zero-order valence-electron chi connectivity index (χ0n) is 11.6. The molecule has 0 radical (unpaired) electrons. The molecule has 0 saturated heterocycles. The van der Waals surface area contributed by atoms with Crippen LogP contribution in [-0.2, 0) is 9.59 Å². The Morgan fingerprint density at radius 2 is 1.95 bits per heavy atom. The Kier molecular flexibility index (Phi) is 5.61. The lowest BCUT2D eigenvalue weighted by atomic mass is 10.3. The average Bonchev–Trinajstić information content (AvgIpc) is 3.23. The Hall–Kier alpha value is -1.56. The minimum Gasteiger partial charge on any atom is -0.493 e. The van der Waals surface area contributed by atoms with Gasteiger partial charge in [-0.3, -0.25) is 9.59 Å². The Bertz CT molecular complexity index is 499. The van der Waals surface area contributed by atoms with E-state index in [0.717, 1.165) is 17.3 Å². The molecule has 0 aliphatic heterocycles. The molecule has 1 aliphatic carbocycles. The van der Waals surface area contributed by atoms with Crippen LogP contribution in [0.5, 0.6) is 5.75 Å². The molecule has 1 aromatic carbocycles. The molecule has 0 spiro atoms. The maximum atomic E-state index is 12.1. The molecule has 5 nitrogen and oxygen atoms in total. The fraction of sp³-hybridized carbons (Fsp3) is 0.467. The van der Waals surface area contributed by atoms with Crippen molar-refractivity contribution in [2.75, 3.05) is 19.7 Å². The van der Waals surface area contributed by atoms with E-state index in [1.165, 1.54) is 4.90 Å². The van der Waals surface area contributed by atoms with Gasteiger partial charge in [-0.25, -0.2) is 0 Å². The number of carboxylic acid groups (broad SMARTS) is 1. The van der Waals surface area contributed by atoms with Gasteiger partial charge in [0.15, 0.2) is 0 Å². The van der Waals surface area contributed by atoms with Crippen LogP contribution in [-0.4, -0.2) is 41.6 Å². The van der Waals surface area contributed by atoms with Crippen molar-refractivity contribution in [2.24, 2.45) is 5.92 Å². The second-order valence-electron chi connectivity index (χ2n) is 5.16. The Morgan fingerprint density at radius 3 is 2.52 bits per heavy atom. The monoisotopic (exact) mass is 355 g/mol. The molecular formula is C15H18BrNO4. The van der Waals surface area contributed by atoms with Gasteiger partial charge in [0, 0.05) is 11.0 Å². The minimum atomic E-state index is -0.974. The summed E-state index contributed by atoms with van der Waals surface area (Å²) in [4.78, 5) is 24.3. The lowest BCUT2D eigenvalue weighted by molar-refractivity contribution is -0.144. The Morgan fingerprint density at radius 1 is 1.29 bits per heavy atom. The van der Waals surface area contributed by atoms with Gasteiger partial charge in [0.2, 0.25) is 5.91 Å². The summed E-state index contributed by atoms with van der Waals surface area (Å²) in [7, 11) is 0. The number of carbonyl (C=O) groups is 2. The maximum absolute atomic E-state index is 12.1. The highest BCUT2D eigenvalue weighted by molar-refractivity contribution is 9.10. The van der Waals surface area contributed by atoms with E-state index in [9.17, 15) is 9.59 Å². The molecule has 1 N–H and O–H groups in total. The highest BCUT2D eigenvalue weighted by atomic mass is 79.9. The van der Waals surface area contributed by atoms with Crippen molar-refractivity contribution >= 4 is 27.8 Å². The zero-order chi connectivity index (χ0) is 15.2. The minimum absolute atomic E-state index is 0.165. The predicted molar refractivity (Wildman–Crippen MR) is 81.2 cm³/mol. The summed E-state index contributed by atoms with van der Waals surface area (Å²) in [5, 5.41) is 8.87. The summed E-state index contributed by atoms with van der Waals surface area (Å²) in [5.41, 5.74) is 0. The number of hydrogen-bond donors (Lipinski definition) is 1. The van der Waals surface area contributed by atoms with Crippen molar-refractivity contribution in [3.05, 3.63) is 28.7 Å². The summed E-state index contributed by atoms with van der Waals surface area (Å²) in [5.74, 6) is 0.0258. The second kappa shape index (κ2) is 7.45. The molecule has 0 aromatic heterocycles. The van der Waals surface area contributed by atoms with Crippen LogP contribution in [0.3, 0.4) is 0 Å². The van der Waals surface area contributed by atoms with Gasteiger partial charge in [0.1, 0.15) is 12.3 Å². The molecule has 1 fully saturated rings. The molecule has 0 heterocycles. The van der Waals surface area contributed by atoms with E-state index in [1.807, 2.05) is 24.3 Å². The molecular weight excluding hydrogens is 338 g/mol. The average molecular weight is 356 g/mol. The standard InChI is InChI=1S/C15H18BrNO4/c16-12-3-5-13(6-4-12)21-8-7-14(18)17(10-15(19)20)9-11-1-2-11/h3-6,11H,1-2,7-10H2,(H,19,20). The van der Waals surface area contributed by atoms with Crippen LogP contribution in [0, 0.1) is 5.92 Å². The first kappa shape index (κ1) is 15.8. The zero-order valence-corrected chi connectivity index (χ0v) is 13.2. The van der Waals surface area contributed by atoms with Crippen LogP contribution in [0.15, 0.2) is 28.7 Å². The number of amides is 1. The lowest BCUT2D eigenvalue weighted by Crippen LogP contribution is -2.37. The molecule has 1 amide bonds. The summed E-state index contributed by atoms with van der Waals surface area (Å²) in [6.07, 6.45) is 2.35. The number of carboxylic acids is 1. The second-order valence-corrected chi connectivity index (χ2v) is 6.08. The Balaban J connectivity index is 1.77. The van der Waals surface area contributed by atoms with Gasteiger partial charge in [-0.1, -0.05) is 15.9 Å². The van der Waals surface area contributed by atoms with E-state index >= 15 is 0 Å². The number of benzene rings is 1. The first-order valence-corrected chi connectivity index (χ1v) is 7.72. The van der Waals surface area contributed by atoms with Crippen molar-refractivity contribution in [3.8, 4) is 5.75 Å². The summed E-state index contributed by atoms with van der Waals surface area (Å²) < 4.78 is 6.45. The SMILES string of the molecule is O=C(O)CN(CC1CC1)C(=O)CCOc1ccc(Br)cc1. The van der Waals surface area contributed by atoms with Crippen LogP contribution >= 0.6 is 15.9 Å². The van der Waals surface area contributed by atoms with E-state index in [4.69, 9.17) is 9.84 Å². The Labute approximate surface area is 132 Å². The maximum Gasteiger partial charge on any atom is 0.323 e. The van der Waals surface area contributed by atoms with Gasteiger partial charge in [0.25, 0.3) is 0 Å². The molecule has 6 heteroatoms. The van der Waals surface area contributed by atoms with E-state index in [-0.39, 0.29) is 25.5 Å². The normalized spacial score (nSPS) is 13.8. The number of nitrogens with zero attached hydrogens (tertiary/aromatic N) is 1. The smallest absolute Gasteiger partial charge is 0.323 e. The first-order valence-electron chi connectivity index (χ1n) is 6.92. The predicted octanol–water partition coefficient (Wildman–Crippen LogP) is 2.54. The third kappa shape index (κ3) is 5.75. The highest BCUT2D eigenvalue weighted by Gasteiger charge is 2.27. The van der Waals surface area contributed by atoms with Gasteiger partial charge in [-0.2, -0.15) is 0 Å². The number of carbonyl (C=O) groups excluding carboxylic acids is 1. The number of rotatable bonds is 8. The van der Waals surface area contributed by atoms with E-state index < -0.39 is 5.97 Å². The fourth-order valence-corrected chi connectivity index (χ4v) is 2.24. The van der Waals surface area contributed by atoms with E-state index in [2.05, 4.69) is 15.9 Å². The summed E-state index contributed by atoms with van der Waals surface area (Å²) in [6.45, 7) is 0.568. The quantitative estimate of drug-likeness (QED) is 0.777. The molecule has 1 saturated carbocycles. The van der Waals surface area contributed by atoms with Gasteiger partial charge in [0.05, 0.1) is 13.0 Å². The molecule has 21 heavy (non-hydrogen) atoms. The third-order valence-electron chi connectivity index (χ3n) is 3.25. The first-order chi connectivity index (χ1) is 10.0. The topological polar surface area (TPSA) is 66.8 Å². The van der Waals surface area contributed by atoms with E-state index in [0.29, 0.717) is 18.2 Å². The molecule has 1 aromatic rings. The third-order valence-corrected chi connectivity index (χ3v) is 3.78. The summed E-state index contributed by atoms with van der Waals surface area (Å²) in [6, 6.07) is 7.35. The van der Waals surface area contributed by atoms with Crippen molar-refractivity contribution in [3.63, 3.8) is 0 Å². The van der Waals surface area contributed by atoms with E-state index in [1.54, 1.807) is 0 Å². The molecule has 0 unspecified atom stereocenters. The van der Waals surface area contributed by atoms with Gasteiger partial charge < -0.3 is 14.7 Å². The van der Waals surface area contributed by atoms with Crippen LogP contribution in [0.25, 0.3) is 0 Å². The van der Waals surface area contributed by atoms with Gasteiger partial charge >= 0.3 is 5.97 Å². The lowest BCUT2D eigenvalue weighted by Gasteiger charge is -2.20. The van der Waals surface area contributed by atoms with Crippen molar-refractivity contribution in [2.45, 2.75) is 19.3 Å². The summed E-state index contributed by atoms with van der Waals surface area (Å²) >= 11 is 3.34. The number of halogens is 1. The van der Waals surface area contributed by atoms with Crippen LogP contribution < -0.4 is 4.74 Å². The molecule has 1 aliphatic rings. The van der Waals surface area contributed by atoms with Crippen LogP contribution in [0.4, 0.5) is 0 Å². The fourth-order valence-electron chi connectivity index (χ4n) is 1.98. The molecule has 114 valence electrons. The molecule has 2 rings (SSSR count). The van der Waals surface area contributed by atoms with Crippen LogP contribution in [0.1, 0.15) is 19.3 Å². The van der Waals surface area contributed by atoms with Crippen molar-refractivity contribution < 1.29 is 19.4 Å². The van der Waals surface area contributed by atoms with Crippen molar-refractivity contribution in [1.29, 1.82) is 0 Å². The van der Waals surface area contributed by atoms with Gasteiger partial charge in [-0.05, 0) is 43.0 Å². The molecule has 0 bridgehead atoms. The van der Waals surface area contributed by atoms with Crippen molar-refractivity contribution in [1.82, 2.24) is 4.90 Å². The largest absolute Gasteiger partial charge is 0.493 e. The highest BCUT2D eigenvalue weighted by Crippen LogP contribution is 2.29. The van der Waals surface area contributed by atoms with Crippen LogP contribution in [0.2, 0.25) is 0 Å².